The van der Waals surface area contributed by atoms with E-state index < -0.39 is 10.0 Å². The van der Waals surface area contributed by atoms with Crippen molar-refractivity contribution in [3.8, 4) is 0 Å². The smallest absolute Gasteiger partial charge is 0.260 e. The second kappa shape index (κ2) is 6.06. The summed E-state index contributed by atoms with van der Waals surface area (Å²) in [5.41, 5.74) is 0.730. The summed E-state index contributed by atoms with van der Waals surface area (Å²) in [7, 11) is -3.49. The molecule has 0 aromatic carbocycles. The molecule has 1 aromatic heterocycles. The van der Waals surface area contributed by atoms with Crippen LogP contribution in [0.25, 0.3) is 0 Å². The minimum atomic E-state index is -3.49. The molecule has 0 spiro atoms. The number of rotatable bonds is 5. The minimum absolute atomic E-state index is 0.0295. The largest absolute Gasteiger partial charge is 0.310 e. The van der Waals surface area contributed by atoms with Gasteiger partial charge in [-0.15, -0.1) is 0 Å². The minimum Gasteiger partial charge on any atom is -0.310 e. The quantitative estimate of drug-likeness (QED) is 0.867. The van der Waals surface area contributed by atoms with Crippen LogP contribution in [-0.2, 0) is 16.6 Å². The SMILES string of the molecule is CC(C)NCc1cn[nH]c1S(=O)(=O)N1CCCC(C)(C)C1. The third-order valence-electron chi connectivity index (χ3n) is 3.84. The Labute approximate surface area is 127 Å². The van der Waals surface area contributed by atoms with Gasteiger partial charge in [-0.1, -0.05) is 27.7 Å². The Kier molecular flexibility index (Phi) is 4.75. The first-order valence-electron chi connectivity index (χ1n) is 7.48. The van der Waals surface area contributed by atoms with E-state index in [4.69, 9.17) is 0 Å². The summed E-state index contributed by atoms with van der Waals surface area (Å²) in [6.07, 6.45) is 3.56. The molecule has 2 heterocycles. The van der Waals surface area contributed by atoms with Crippen LogP contribution in [0.5, 0.6) is 0 Å². The molecule has 120 valence electrons. The zero-order valence-electron chi connectivity index (χ0n) is 13.3. The summed E-state index contributed by atoms with van der Waals surface area (Å²) in [4.78, 5) is 0. The second-order valence-corrected chi connectivity index (χ2v) is 8.74. The van der Waals surface area contributed by atoms with E-state index in [1.165, 1.54) is 0 Å². The predicted molar refractivity (Wildman–Crippen MR) is 82.3 cm³/mol. The highest BCUT2D eigenvalue weighted by molar-refractivity contribution is 7.89. The van der Waals surface area contributed by atoms with Crippen molar-refractivity contribution in [2.24, 2.45) is 5.41 Å². The molecule has 0 amide bonds. The first-order valence-corrected chi connectivity index (χ1v) is 8.92. The van der Waals surface area contributed by atoms with Crippen LogP contribution < -0.4 is 5.32 Å². The molecule has 1 saturated heterocycles. The van der Waals surface area contributed by atoms with Gasteiger partial charge in [0, 0.05) is 31.2 Å². The van der Waals surface area contributed by atoms with Gasteiger partial charge in [0.05, 0.1) is 6.20 Å². The summed E-state index contributed by atoms with van der Waals surface area (Å²) in [5, 5.41) is 10.1. The van der Waals surface area contributed by atoms with Gasteiger partial charge in [0.25, 0.3) is 10.0 Å². The lowest BCUT2D eigenvalue weighted by molar-refractivity contribution is 0.186. The van der Waals surface area contributed by atoms with Crippen LogP contribution in [0, 0.1) is 5.41 Å². The molecule has 6 nitrogen and oxygen atoms in total. The number of nitrogens with zero attached hydrogens (tertiary/aromatic N) is 2. The summed E-state index contributed by atoms with van der Waals surface area (Å²) in [6.45, 7) is 9.93. The molecule has 21 heavy (non-hydrogen) atoms. The summed E-state index contributed by atoms with van der Waals surface area (Å²) >= 11 is 0. The molecule has 0 unspecified atom stereocenters. The van der Waals surface area contributed by atoms with Gasteiger partial charge in [-0.3, -0.25) is 5.10 Å². The summed E-state index contributed by atoms with van der Waals surface area (Å²) in [5.74, 6) is 0. The van der Waals surface area contributed by atoms with E-state index in [2.05, 4.69) is 29.4 Å². The normalized spacial score (nSPS) is 20.0. The van der Waals surface area contributed by atoms with Gasteiger partial charge < -0.3 is 5.32 Å². The molecule has 2 rings (SSSR count). The monoisotopic (exact) mass is 314 g/mol. The Morgan fingerprint density at radius 3 is 2.81 bits per heavy atom. The fourth-order valence-corrected chi connectivity index (χ4v) is 4.44. The lowest BCUT2D eigenvalue weighted by Gasteiger charge is -2.36. The maximum Gasteiger partial charge on any atom is 0.260 e. The molecular weight excluding hydrogens is 288 g/mol. The van der Waals surface area contributed by atoms with Crippen molar-refractivity contribution < 1.29 is 8.42 Å². The Hall–Kier alpha value is -0.920. The standard InChI is InChI=1S/C14H26N4O2S/c1-11(2)15-8-12-9-16-17-13(12)21(19,20)18-7-5-6-14(3,4)10-18/h9,11,15H,5-8,10H2,1-4H3,(H,16,17). The van der Waals surface area contributed by atoms with Gasteiger partial charge in [-0.25, -0.2) is 8.42 Å². The number of piperidine rings is 1. The molecule has 0 radical (unpaired) electrons. The number of aromatic nitrogens is 2. The zero-order chi connectivity index (χ0) is 15.7. The van der Waals surface area contributed by atoms with Gasteiger partial charge in [-0.05, 0) is 18.3 Å². The first-order chi connectivity index (χ1) is 9.72. The van der Waals surface area contributed by atoms with E-state index in [-0.39, 0.29) is 10.4 Å². The molecule has 0 saturated carbocycles. The molecule has 1 aliphatic heterocycles. The van der Waals surface area contributed by atoms with E-state index in [0.29, 0.717) is 31.2 Å². The number of hydrogen-bond acceptors (Lipinski definition) is 4. The molecule has 1 aliphatic rings. The van der Waals surface area contributed by atoms with Gasteiger partial charge in [0.15, 0.2) is 5.03 Å². The Morgan fingerprint density at radius 2 is 2.19 bits per heavy atom. The third-order valence-corrected chi connectivity index (χ3v) is 5.70. The Bertz CT molecular complexity index is 578. The van der Waals surface area contributed by atoms with Gasteiger partial charge in [-0.2, -0.15) is 9.40 Å². The van der Waals surface area contributed by atoms with Crippen LogP contribution >= 0.6 is 0 Å². The number of nitrogens with one attached hydrogen (secondary N) is 2. The fourth-order valence-electron chi connectivity index (χ4n) is 2.67. The third kappa shape index (κ3) is 3.84. The molecule has 7 heteroatoms. The fraction of sp³-hybridized carbons (Fsp3) is 0.786. The molecule has 0 bridgehead atoms. The van der Waals surface area contributed by atoms with Crippen molar-refractivity contribution in [3.05, 3.63) is 11.8 Å². The number of hydrogen-bond donors (Lipinski definition) is 2. The molecule has 1 aromatic rings. The lowest BCUT2D eigenvalue weighted by Crippen LogP contribution is -2.43. The van der Waals surface area contributed by atoms with Gasteiger partial charge >= 0.3 is 0 Å². The van der Waals surface area contributed by atoms with Gasteiger partial charge in [0.1, 0.15) is 0 Å². The average molecular weight is 314 g/mol. The molecule has 2 N–H and O–H groups in total. The van der Waals surface area contributed by atoms with Crippen molar-refractivity contribution in [1.29, 1.82) is 0 Å². The highest BCUT2D eigenvalue weighted by Crippen LogP contribution is 2.32. The zero-order valence-corrected chi connectivity index (χ0v) is 14.1. The Morgan fingerprint density at radius 1 is 1.48 bits per heavy atom. The van der Waals surface area contributed by atoms with E-state index in [0.717, 1.165) is 12.8 Å². The van der Waals surface area contributed by atoms with Crippen LogP contribution in [0.4, 0.5) is 0 Å². The number of aromatic amines is 1. The highest BCUT2D eigenvalue weighted by atomic mass is 32.2. The van der Waals surface area contributed by atoms with Crippen LogP contribution in [0.1, 0.15) is 46.1 Å². The predicted octanol–water partition coefficient (Wildman–Crippen LogP) is 1.72. The van der Waals surface area contributed by atoms with Crippen LogP contribution in [0.15, 0.2) is 11.2 Å². The van der Waals surface area contributed by atoms with Crippen molar-refractivity contribution in [2.75, 3.05) is 13.1 Å². The maximum atomic E-state index is 12.8. The Balaban J connectivity index is 2.22. The molecular formula is C14H26N4O2S. The van der Waals surface area contributed by atoms with E-state index in [9.17, 15) is 8.42 Å². The van der Waals surface area contributed by atoms with Crippen LogP contribution in [-0.4, -0.2) is 42.1 Å². The summed E-state index contributed by atoms with van der Waals surface area (Å²) in [6, 6.07) is 0.296. The van der Waals surface area contributed by atoms with Crippen molar-refractivity contribution >= 4 is 10.0 Å². The van der Waals surface area contributed by atoms with Crippen LogP contribution in [0.2, 0.25) is 0 Å². The molecule has 1 fully saturated rings. The second-order valence-electron chi connectivity index (χ2n) is 6.87. The van der Waals surface area contributed by atoms with Crippen molar-refractivity contribution in [2.45, 2.75) is 58.1 Å². The molecule has 0 aliphatic carbocycles. The van der Waals surface area contributed by atoms with Gasteiger partial charge in [0.2, 0.25) is 0 Å². The van der Waals surface area contributed by atoms with E-state index in [1.807, 2.05) is 13.8 Å². The number of H-pyrrole nitrogens is 1. The maximum absolute atomic E-state index is 12.8. The van der Waals surface area contributed by atoms with E-state index in [1.54, 1.807) is 10.5 Å². The summed E-state index contributed by atoms with van der Waals surface area (Å²) < 4.78 is 27.2. The molecule has 0 atom stereocenters. The highest BCUT2D eigenvalue weighted by Gasteiger charge is 2.35. The first kappa shape index (κ1) is 16.5. The van der Waals surface area contributed by atoms with E-state index >= 15 is 0 Å². The topological polar surface area (TPSA) is 78.1 Å². The number of sulfonamides is 1. The van der Waals surface area contributed by atoms with Crippen molar-refractivity contribution in [3.63, 3.8) is 0 Å². The average Bonchev–Trinajstić information content (AvgIpc) is 2.84. The van der Waals surface area contributed by atoms with Crippen molar-refractivity contribution in [1.82, 2.24) is 19.8 Å². The van der Waals surface area contributed by atoms with Crippen LogP contribution in [0.3, 0.4) is 0 Å². The lowest BCUT2D eigenvalue weighted by atomic mass is 9.85.